The number of para-hydroxylation sites is 3. The topological polar surface area (TPSA) is 8.17 Å². The molecule has 10 rings (SSSR count). The van der Waals surface area contributed by atoms with Gasteiger partial charge in [0.2, 0.25) is 0 Å². The molecular weight excluding hydrogens is 677 g/mol. The van der Waals surface area contributed by atoms with Gasteiger partial charge in [-0.1, -0.05) is 182 Å². The molecule has 0 spiro atoms. The summed E-state index contributed by atoms with van der Waals surface area (Å²) in [6, 6.07) is 83.1. The van der Waals surface area contributed by atoms with Gasteiger partial charge in [-0.2, -0.15) is 0 Å². The molecule has 0 saturated heterocycles. The highest BCUT2D eigenvalue weighted by Gasteiger charge is 2.22. The minimum absolute atomic E-state index is 1.08. The summed E-state index contributed by atoms with van der Waals surface area (Å²) in [5.74, 6) is 0. The highest BCUT2D eigenvalue weighted by Crippen LogP contribution is 2.46. The van der Waals surface area contributed by atoms with Crippen molar-refractivity contribution in [3.63, 3.8) is 0 Å². The van der Waals surface area contributed by atoms with Gasteiger partial charge in [-0.25, -0.2) is 0 Å². The number of benzene rings is 9. The summed E-state index contributed by atoms with van der Waals surface area (Å²) in [5.41, 5.74) is 16.3. The van der Waals surface area contributed by atoms with E-state index in [-0.39, 0.29) is 0 Å². The second-order valence-corrected chi connectivity index (χ2v) is 14.1. The van der Waals surface area contributed by atoms with Gasteiger partial charge in [-0.05, 0) is 87.5 Å². The average Bonchev–Trinajstić information content (AvgIpc) is 3.61. The number of fused-ring (bicyclic) bond motifs is 3. The lowest BCUT2D eigenvalue weighted by Gasteiger charge is -2.29. The third kappa shape index (κ3) is 5.95. The summed E-state index contributed by atoms with van der Waals surface area (Å²) >= 11 is 0. The molecule has 0 N–H and O–H groups in total. The summed E-state index contributed by atoms with van der Waals surface area (Å²) in [5, 5.41) is 2.46. The highest BCUT2D eigenvalue weighted by molar-refractivity contribution is 6.10. The number of aromatic nitrogens is 1. The van der Waals surface area contributed by atoms with Crippen molar-refractivity contribution in [2.24, 2.45) is 0 Å². The van der Waals surface area contributed by atoms with Crippen LogP contribution in [0.1, 0.15) is 0 Å². The molecule has 1 aromatic heterocycles. The Morgan fingerprint density at radius 2 is 0.750 bits per heavy atom. The van der Waals surface area contributed by atoms with Crippen LogP contribution < -0.4 is 4.90 Å². The van der Waals surface area contributed by atoms with E-state index in [1.807, 2.05) is 0 Å². The molecule has 0 fully saturated rings. The van der Waals surface area contributed by atoms with Crippen molar-refractivity contribution in [2.75, 3.05) is 4.90 Å². The van der Waals surface area contributed by atoms with Crippen LogP contribution >= 0.6 is 0 Å². The summed E-state index contributed by atoms with van der Waals surface area (Å²) in [6.07, 6.45) is 0. The normalized spacial score (nSPS) is 11.2. The number of hydrogen-bond acceptors (Lipinski definition) is 1. The fourth-order valence-corrected chi connectivity index (χ4v) is 8.25. The molecule has 0 radical (unpaired) electrons. The first-order valence-electron chi connectivity index (χ1n) is 19.2. The van der Waals surface area contributed by atoms with Crippen LogP contribution in [0.4, 0.5) is 17.1 Å². The second kappa shape index (κ2) is 14.4. The molecule has 0 aliphatic rings. The monoisotopic (exact) mass is 714 g/mol. The number of rotatable bonds is 8. The molecule has 0 bridgehead atoms. The van der Waals surface area contributed by atoms with Crippen molar-refractivity contribution in [1.29, 1.82) is 0 Å². The molecule has 2 nitrogen and oxygen atoms in total. The van der Waals surface area contributed by atoms with E-state index in [0.717, 1.165) is 33.8 Å². The predicted molar refractivity (Wildman–Crippen MR) is 237 cm³/mol. The summed E-state index contributed by atoms with van der Waals surface area (Å²) < 4.78 is 2.40. The Morgan fingerprint density at radius 1 is 0.286 bits per heavy atom. The van der Waals surface area contributed by atoms with Crippen LogP contribution in [0.25, 0.3) is 72.0 Å². The number of anilines is 3. The van der Waals surface area contributed by atoms with E-state index in [1.165, 1.54) is 55.2 Å². The molecule has 9 aromatic carbocycles. The van der Waals surface area contributed by atoms with E-state index < -0.39 is 0 Å². The van der Waals surface area contributed by atoms with Crippen LogP contribution in [0.15, 0.2) is 231 Å². The van der Waals surface area contributed by atoms with E-state index in [0.29, 0.717) is 0 Å². The van der Waals surface area contributed by atoms with E-state index in [9.17, 15) is 0 Å². The van der Waals surface area contributed by atoms with E-state index >= 15 is 0 Å². The lowest BCUT2D eigenvalue weighted by atomic mass is 9.88. The van der Waals surface area contributed by atoms with Gasteiger partial charge in [0.05, 0.1) is 16.7 Å². The Bertz CT molecular complexity index is 2940. The average molecular weight is 715 g/mol. The van der Waals surface area contributed by atoms with Gasteiger partial charge in [-0.3, -0.25) is 0 Å². The lowest BCUT2D eigenvalue weighted by molar-refractivity contribution is 1.18. The molecule has 0 saturated carbocycles. The van der Waals surface area contributed by atoms with Crippen molar-refractivity contribution in [1.82, 2.24) is 4.57 Å². The van der Waals surface area contributed by atoms with E-state index in [4.69, 9.17) is 0 Å². The van der Waals surface area contributed by atoms with Gasteiger partial charge in [-0.15, -0.1) is 0 Å². The SMILES string of the molecule is c1ccc(-c2ccc(N(c3ccc4c5ccccc5n(-c5ccccc5)c4c3)c3ccccc3-c3ccccc3-c3ccccc3-c3ccccc3)cc2)cc1. The number of nitrogens with zero attached hydrogens (tertiary/aromatic N) is 2. The quantitative estimate of drug-likeness (QED) is 0.152. The van der Waals surface area contributed by atoms with Crippen LogP contribution in [0.2, 0.25) is 0 Å². The van der Waals surface area contributed by atoms with Crippen molar-refractivity contribution in [2.45, 2.75) is 0 Å². The second-order valence-electron chi connectivity index (χ2n) is 14.1. The Hall–Kier alpha value is -7.42. The van der Waals surface area contributed by atoms with Crippen LogP contribution in [-0.4, -0.2) is 4.57 Å². The van der Waals surface area contributed by atoms with Crippen LogP contribution in [0.3, 0.4) is 0 Å². The zero-order valence-corrected chi connectivity index (χ0v) is 30.8. The molecule has 10 aromatic rings. The maximum absolute atomic E-state index is 2.43. The maximum Gasteiger partial charge on any atom is 0.0561 e. The Morgan fingerprint density at radius 3 is 1.45 bits per heavy atom. The Kier molecular flexibility index (Phi) is 8.55. The third-order valence-corrected chi connectivity index (χ3v) is 10.8. The van der Waals surface area contributed by atoms with Gasteiger partial charge < -0.3 is 9.47 Å². The zero-order chi connectivity index (χ0) is 37.3. The molecular formula is C54H38N2. The molecule has 0 unspecified atom stereocenters. The Labute approximate surface area is 327 Å². The van der Waals surface area contributed by atoms with E-state index in [1.54, 1.807) is 0 Å². The smallest absolute Gasteiger partial charge is 0.0561 e. The fourth-order valence-electron chi connectivity index (χ4n) is 8.25. The first-order chi connectivity index (χ1) is 27.8. The van der Waals surface area contributed by atoms with Crippen LogP contribution in [0.5, 0.6) is 0 Å². The molecule has 264 valence electrons. The van der Waals surface area contributed by atoms with E-state index in [2.05, 4.69) is 240 Å². The van der Waals surface area contributed by atoms with Crippen molar-refractivity contribution in [3.8, 4) is 50.2 Å². The molecule has 56 heavy (non-hydrogen) atoms. The molecule has 1 heterocycles. The number of hydrogen-bond donors (Lipinski definition) is 0. The molecule has 0 aliphatic carbocycles. The zero-order valence-electron chi connectivity index (χ0n) is 30.8. The van der Waals surface area contributed by atoms with Crippen LogP contribution in [0, 0.1) is 0 Å². The molecule has 0 atom stereocenters. The minimum atomic E-state index is 1.08. The molecule has 2 heteroatoms. The van der Waals surface area contributed by atoms with Crippen molar-refractivity contribution >= 4 is 38.9 Å². The van der Waals surface area contributed by atoms with Gasteiger partial charge in [0.25, 0.3) is 0 Å². The third-order valence-electron chi connectivity index (χ3n) is 10.8. The molecule has 0 amide bonds. The van der Waals surface area contributed by atoms with Gasteiger partial charge in [0.1, 0.15) is 0 Å². The largest absolute Gasteiger partial charge is 0.310 e. The lowest BCUT2D eigenvalue weighted by Crippen LogP contribution is -2.11. The maximum atomic E-state index is 2.43. The fraction of sp³-hybridized carbons (Fsp3) is 0. The summed E-state index contributed by atoms with van der Waals surface area (Å²) in [6.45, 7) is 0. The Balaban J connectivity index is 1.20. The van der Waals surface area contributed by atoms with Crippen molar-refractivity contribution < 1.29 is 0 Å². The predicted octanol–water partition coefficient (Wildman–Crippen LogP) is 14.9. The van der Waals surface area contributed by atoms with Gasteiger partial charge >= 0.3 is 0 Å². The van der Waals surface area contributed by atoms with Crippen molar-refractivity contribution in [3.05, 3.63) is 231 Å². The summed E-state index contributed by atoms with van der Waals surface area (Å²) in [4.78, 5) is 2.43. The highest BCUT2D eigenvalue weighted by atomic mass is 15.1. The van der Waals surface area contributed by atoms with Gasteiger partial charge in [0.15, 0.2) is 0 Å². The van der Waals surface area contributed by atoms with Gasteiger partial charge in [0, 0.05) is 33.4 Å². The minimum Gasteiger partial charge on any atom is -0.310 e. The molecule has 0 aliphatic heterocycles. The summed E-state index contributed by atoms with van der Waals surface area (Å²) in [7, 11) is 0. The standard InChI is InChI=1S/C54H38N2/c1-4-18-39(19-5-1)40-32-34-43(35-33-40)55(44-36-37-51-50-29-15-17-31-53(50)56(54(51)38-44)42-22-8-3-9-23-42)52-30-16-14-28-49(52)48-27-13-12-26-47(48)46-25-11-10-24-45(46)41-20-6-2-7-21-41/h1-38H. The first-order valence-corrected chi connectivity index (χ1v) is 19.2. The first kappa shape index (κ1) is 33.2. The van der Waals surface area contributed by atoms with Crippen LogP contribution in [-0.2, 0) is 0 Å².